The number of carboxylic acid groups (broad SMARTS) is 1. The van der Waals surface area contributed by atoms with Crippen molar-refractivity contribution in [3.8, 4) is 0 Å². The van der Waals surface area contributed by atoms with Gasteiger partial charge in [0.25, 0.3) is 0 Å². The van der Waals surface area contributed by atoms with E-state index in [4.69, 9.17) is 16.7 Å². The van der Waals surface area contributed by atoms with Gasteiger partial charge < -0.3 is 5.11 Å². The van der Waals surface area contributed by atoms with Gasteiger partial charge in [0.1, 0.15) is 5.82 Å². The summed E-state index contributed by atoms with van der Waals surface area (Å²) in [5.74, 6) is -26.7. The summed E-state index contributed by atoms with van der Waals surface area (Å²) in [7, 11) is 0. The van der Waals surface area contributed by atoms with Gasteiger partial charge in [0.2, 0.25) is 5.78 Å². The highest BCUT2D eigenvalue weighted by atomic mass is 35.5. The molecule has 0 saturated heterocycles. The van der Waals surface area contributed by atoms with Crippen LogP contribution in [0.3, 0.4) is 0 Å². The van der Waals surface area contributed by atoms with Crippen LogP contribution in [-0.2, 0) is 4.79 Å². The lowest BCUT2D eigenvalue weighted by atomic mass is 9.96. The van der Waals surface area contributed by atoms with Crippen LogP contribution in [0.5, 0.6) is 0 Å². The number of benzene rings is 1. The highest BCUT2D eigenvalue weighted by molar-refractivity contribution is 6.31. The van der Waals surface area contributed by atoms with Crippen molar-refractivity contribution in [1.82, 2.24) is 0 Å². The molecule has 0 aliphatic heterocycles. The van der Waals surface area contributed by atoms with E-state index in [9.17, 15) is 40.3 Å². The Kier molecular flexibility index (Phi) is 4.48. The van der Waals surface area contributed by atoms with Gasteiger partial charge in [0, 0.05) is 10.6 Å². The molecule has 0 fully saturated rings. The highest BCUT2D eigenvalue weighted by Gasteiger charge is 2.78. The third-order valence-corrected chi connectivity index (χ3v) is 2.69. The lowest BCUT2D eigenvalue weighted by Gasteiger charge is -2.29. The zero-order valence-corrected chi connectivity index (χ0v) is 10.8. The number of alkyl halides is 6. The van der Waals surface area contributed by atoms with Gasteiger partial charge >= 0.3 is 23.7 Å². The molecule has 0 heterocycles. The van der Waals surface area contributed by atoms with E-state index < -0.39 is 45.9 Å². The lowest BCUT2D eigenvalue weighted by molar-refractivity contribution is -0.285. The minimum Gasteiger partial charge on any atom is -0.477 e. The molecule has 0 aromatic heterocycles. The molecule has 1 aromatic carbocycles. The van der Waals surface area contributed by atoms with E-state index in [1.54, 1.807) is 0 Å². The molecular weight excluding hydrogens is 349 g/mol. The van der Waals surface area contributed by atoms with Crippen LogP contribution in [0.15, 0.2) is 18.2 Å². The number of hydrogen-bond donors (Lipinski definition) is 1. The van der Waals surface area contributed by atoms with Crippen molar-refractivity contribution in [2.24, 2.45) is 0 Å². The average Bonchev–Trinajstić information content (AvgIpc) is 2.35. The molecule has 1 aromatic rings. The molecule has 0 unspecified atom stereocenters. The van der Waals surface area contributed by atoms with E-state index >= 15 is 0 Å². The summed E-state index contributed by atoms with van der Waals surface area (Å²) in [4.78, 5) is 21.3. The smallest absolute Gasteiger partial charge is 0.411 e. The second-order valence-corrected chi connectivity index (χ2v) is 4.45. The molecular formula is C11H4ClF7O3. The predicted molar refractivity (Wildman–Crippen MR) is 58.2 cm³/mol. The molecule has 11 heteroatoms. The summed E-state index contributed by atoms with van der Waals surface area (Å²) in [5, 5.41) is 7.29. The van der Waals surface area contributed by atoms with Gasteiger partial charge in [-0.05, 0) is 18.2 Å². The van der Waals surface area contributed by atoms with Crippen LogP contribution in [0.25, 0.3) is 0 Å². The van der Waals surface area contributed by atoms with E-state index in [1.165, 1.54) is 0 Å². The van der Waals surface area contributed by atoms with E-state index in [0.29, 0.717) is 12.1 Å². The van der Waals surface area contributed by atoms with E-state index in [0.717, 1.165) is 0 Å². The van der Waals surface area contributed by atoms with Crippen molar-refractivity contribution in [2.45, 2.75) is 17.8 Å². The van der Waals surface area contributed by atoms with Crippen molar-refractivity contribution >= 4 is 23.4 Å². The van der Waals surface area contributed by atoms with Gasteiger partial charge in [-0.3, -0.25) is 4.79 Å². The van der Waals surface area contributed by atoms with Crippen molar-refractivity contribution in [3.63, 3.8) is 0 Å². The molecule has 22 heavy (non-hydrogen) atoms. The fraction of sp³-hybridized carbons (Fsp3) is 0.273. The molecule has 0 radical (unpaired) electrons. The van der Waals surface area contributed by atoms with Crippen molar-refractivity contribution in [3.05, 3.63) is 34.6 Å². The van der Waals surface area contributed by atoms with Crippen LogP contribution < -0.4 is 0 Å². The Morgan fingerprint density at radius 2 is 1.45 bits per heavy atom. The Morgan fingerprint density at radius 1 is 0.955 bits per heavy atom. The minimum absolute atomic E-state index is 0.0666. The number of ketones is 1. The van der Waals surface area contributed by atoms with Gasteiger partial charge in [0.15, 0.2) is 0 Å². The molecule has 0 amide bonds. The van der Waals surface area contributed by atoms with Gasteiger partial charge in [-0.15, -0.1) is 0 Å². The van der Waals surface area contributed by atoms with Gasteiger partial charge in [-0.1, -0.05) is 11.6 Å². The van der Waals surface area contributed by atoms with Crippen molar-refractivity contribution < 1.29 is 45.4 Å². The number of carboxylic acids is 1. The summed E-state index contributed by atoms with van der Waals surface area (Å²) in [5.41, 5.74) is -1.42. The number of Topliss-reactive ketones (excluding diaryl/α,β-unsaturated/α-hetero) is 1. The first kappa shape index (κ1) is 18.2. The molecule has 0 aliphatic rings. The maximum absolute atomic E-state index is 13.4. The summed E-state index contributed by atoms with van der Waals surface area (Å²) >= 11 is 5.23. The van der Waals surface area contributed by atoms with E-state index in [-0.39, 0.29) is 6.07 Å². The Labute approximate surface area is 122 Å². The summed E-state index contributed by atoms with van der Waals surface area (Å²) in [6.45, 7) is 0. The Hall–Kier alpha value is -1.84. The molecule has 0 saturated carbocycles. The van der Waals surface area contributed by atoms with Crippen LogP contribution >= 0.6 is 11.6 Å². The maximum atomic E-state index is 13.4. The largest absolute Gasteiger partial charge is 0.477 e. The summed E-state index contributed by atoms with van der Waals surface area (Å²) < 4.78 is 91.5. The molecule has 0 aliphatic carbocycles. The second-order valence-electron chi connectivity index (χ2n) is 4.02. The first-order valence-electron chi connectivity index (χ1n) is 5.13. The summed E-state index contributed by atoms with van der Waals surface area (Å²) in [6.07, 6.45) is 0. The number of aliphatic carboxylic acids is 1. The van der Waals surface area contributed by atoms with Gasteiger partial charge in [-0.25, -0.2) is 9.18 Å². The van der Waals surface area contributed by atoms with Crippen molar-refractivity contribution in [1.29, 1.82) is 0 Å². The Bertz CT molecular complexity index is 610. The zero-order valence-electron chi connectivity index (χ0n) is 10.0. The third-order valence-electron chi connectivity index (χ3n) is 2.47. The Morgan fingerprint density at radius 3 is 1.86 bits per heavy atom. The predicted octanol–water partition coefficient (Wildman–Crippen LogP) is 3.65. The molecule has 0 spiro atoms. The SMILES string of the molecule is O=C(O)C(F)(F)C(F)(F)C(F)(F)C(=O)c1cc(F)cc(Cl)c1. The molecule has 1 rings (SSSR count). The quantitative estimate of drug-likeness (QED) is 0.650. The normalized spacial score (nSPS) is 13.1. The number of halogens is 8. The minimum atomic E-state index is -6.55. The van der Waals surface area contributed by atoms with Gasteiger partial charge in [-0.2, -0.15) is 26.3 Å². The van der Waals surface area contributed by atoms with Crippen molar-refractivity contribution in [2.75, 3.05) is 0 Å². The summed E-state index contributed by atoms with van der Waals surface area (Å²) in [6, 6.07) is 0.952. The maximum Gasteiger partial charge on any atom is 0.411 e. The fourth-order valence-electron chi connectivity index (χ4n) is 1.34. The topological polar surface area (TPSA) is 54.4 Å². The number of hydrogen-bond acceptors (Lipinski definition) is 2. The second kappa shape index (κ2) is 5.41. The van der Waals surface area contributed by atoms with Crippen LogP contribution in [0.2, 0.25) is 5.02 Å². The first-order valence-corrected chi connectivity index (χ1v) is 5.50. The standard InChI is InChI=1S/C11H4ClF7O3/c12-5-1-4(2-6(13)3-5)7(20)9(14,15)11(18,19)10(16,17)8(21)22/h1-3H,(H,21,22). The Balaban J connectivity index is 3.39. The van der Waals surface area contributed by atoms with Gasteiger partial charge in [0.05, 0.1) is 0 Å². The van der Waals surface area contributed by atoms with E-state index in [2.05, 4.69) is 0 Å². The molecule has 0 bridgehead atoms. The average molecular weight is 353 g/mol. The molecule has 1 N–H and O–H groups in total. The van der Waals surface area contributed by atoms with Crippen LogP contribution in [0.4, 0.5) is 30.7 Å². The third kappa shape index (κ3) is 2.74. The monoisotopic (exact) mass is 352 g/mol. The molecule has 0 atom stereocenters. The highest BCUT2D eigenvalue weighted by Crippen LogP contribution is 2.47. The number of carbonyl (C=O) groups is 2. The van der Waals surface area contributed by atoms with Crippen LogP contribution in [-0.4, -0.2) is 34.6 Å². The van der Waals surface area contributed by atoms with Crippen LogP contribution in [0.1, 0.15) is 10.4 Å². The molecule has 122 valence electrons. The molecule has 3 nitrogen and oxygen atoms in total. The number of rotatable bonds is 5. The lowest BCUT2D eigenvalue weighted by Crippen LogP contribution is -2.60. The fourth-order valence-corrected chi connectivity index (χ4v) is 1.56. The zero-order chi connectivity index (χ0) is 17.5. The van der Waals surface area contributed by atoms with Crippen LogP contribution in [0, 0.1) is 5.82 Å². The number of carbonyl (C=O) groups excluding carboxylic acids is 1. The van der Waals surface area contributed by atoms with E-state index in [1.807, 2.05) is 0 Å². The first-order chi connectivity index (χ1) is 9.75.